The molecule has 3 aromatic carbocycles. The van der Waals surface area contributed by atoms with Crippen LogP contribution in [0.15, 0.2) is 78.2 Å². The highest BCUT2D eigenvalue weighted by molar-refractivity contribution is 7.13. The molecule has 0 atom stereocenters. The summed E-state index contributed by atoms with van der Waals surface area (Å²) < 4.78 is 10.5. The first-order valence-electron chi connectivity index (χ1n) is 10.1. The Morgan fingerprint density at radius 3 is 2.52 bits per heavy atom. The van der Waals surface area contributed by atoms with Gasteiger partial charge >= 0.3 is 0 Å². The second-order valence-corrected chi connectivity index (χ2v) is 8.36. The number of methoxy groups -OCH3 is 2. The normalized spacial score (nSPS) is 10.9. The Morgan fingerprint density at radius 1 is 0.970 bits per heavy atom. The third kappa shape index (κ3) is 5.61. The third-order valence-electron chi connectivity index (χ3n) is 4.86. The quantitative estimate of drug-likeness (QED) is 0.298. The monoisotopic (exact) mass is 476 g/mol. The molecule has 1 N–H and O–H groups in total. The van der Waals surface area contributed by atoms with E-state index in [4.69, 9.17) is 26.1 Å². The number of aromatic nitrogens is 1. The van der Waals surface area contributed by atoms with Gasteiger partial charge in [0.1, 0.15) is 5.01 Å². The molecule has 0 saturated carbocycles. The van der Waals surface area contributed by atoms with Crippen molar-refractivity contribution in [2.45, 2.75) is 0 Å². The molecule has 0 aliphatic heterocycles. The Labute approximate surface area is 201 Å². The van der Waals surface area contributed by atoms with Crippen LogP contribution >= 0.6 is 22.9 Å². The van der Waals surface area contributed by atoms with Gasteiger partial charge in [-0.05, 0) is 48.0 Å². The van der Waals surface area contributed by atoms with Crippen molar-refractivity contribution in [3.05, 3.63) is 88.8 Å². The number of thiazole rings is 1. The number of anilines is 1. The molecule has 7 heteroatoms. The van der Waals surface area contributed by atoms with E-state index in [-0.39, 0.29) is 5.91 Å². The van der Waals surface area contributed by atoms with Gasteiger partial charge in [0.2, 0.25) is 5.91 Å². The van der Waals surface area contributed by atoms with E-state index in [1.807, 2.05) is 66.0 Å². The van der Waals surface area contributed by atoms with Crippen LogP contribution in [0.5, 0.6) is 11.5 Å². The molecule has 0 aliphatic rings. The maximum Gasteiger partial charge on any atom is 0.248 e. The van der Waals surface area contributed by atoms with Crippen LogP contribution in [-0.4, -0.2) is 25.1 Å². The molecule has 0 radical (unpaired) electrons. The van der Waals surface area contributed by atoms with Crippen LogP contribution in [0.2, 0.25) is 5.02 Å². The molecule has 0 unspecified atom stereocenters. The number of ether oxygens (including phenoxy) is 2. The van der Waals surface area contributed by atoms with Crippen LogP contribution in [0.1, 0.15) is 5.56 Å². The zero-order valence-electron chi connectivity index (χ0n) is 18.0. The predicted molar refractivity (Wildman–Crippen MR) is 135 cm³/mol. The molecule has 5 nitrogen and oxygen atoms in total. The number of carbonyl (C=O) groups is 1. The largest absolute Gasteiger partial charge is 0.493 e. The molecule has 0 spiro atoms. The Hall–Kier alpha value is -3.61. The summed E-state index contributed by atoms with van der Waals surface area (Å²) in [4.78, 5) is 17.2. The molecule has 0 fully saturated rings. The molecule has 4 aromatic rings. The number of carbonyl (C=O) groups excluding carboxylic acids is 1. The van der Waals surface area contributed by atoms with Crippen molar-refractivity contribution in [2.24, 2.45) is 0 Å². The van der Waals surface area contributed by atoms with Crippen LogP contribution in [0, 0.1) is 0 Å². The highest BCUT2D eigenvalue weighted by Gasteiger charge is 2.08. The summed E-state index contributed by atoms with van der Waals surface area (Å²) in [5, 5.41) is 6.50. The van der Waals surface area contributed by atoms with Gasteiger partial charge in [0, 0.05) is 33.3 Å². The van der Waals surface area contributed by atoms with Gasteiger partial charge in [0.25, 0.3) is 0 Å². The smallest absolute Gasteiger partial charge is 0.248 e. The van der Waals surface area contributed by atoms with Gasteiger partial charge in [-0.1, -0.05) is 41.9 Å². The highest BCUT2D eigenvalue weighted by Crippen LogP contribution is 2.31. The molecule has 1 heterocycles. The summed E-state index contributed by atoms with van der Waals surface area (Å²) in [6.45, 7) is 0. The van der Waals surface area contributed by atoms with E-state index in [9.17, 15) is 4.79 Å². The SMILES string of the molecule is COc1ccc(/C=C/C(=O)Nc2cccc(-c3csc(-c4ccc(Cl)cc4)n3)c2)cc1OC. The number of rotatable bonds is 7. The van der Waals surface area contributed by atoms with E-state index in [2.05, 4.69) is 5.32 Å². The van der Waals surface area contributed by atoms with E-state index >= 15 is 0 Å². The number of nitrogens with zero attached hydrogens (tertiary/aromatic N) is 1. The Balaban J connectivity index is 1.46. The molecule has 0 saturated heterocycles. The average molecular weight is 477 g/mol. The van der Waals surface area contributed by atoms with E-state index < -0.39 is 0 Å². The Kier molecular flexibility index (Phi) is 7.07. The number of amides is 1. The molecule has 1 aromatic heterocycles. The second kappa shape index (κ2) is 10.3. The average Bonchev–Trinajstić information content (AvgIpc) is 3.33. The molecule has 1 amide bonds. The van der Waals surface area contributed by atoms with Crippen molar-refractivity contribution in [3.8, 4) is 33.3 Å². The van der Waals surface area contributed by atoms with Gasteiger partial charge in [-0.25, -0.2) is 4.98 Å². The summed E-state index contributed by atoms with van der Waals surface area (Å²) in [5.41, 5.74) is 4.31. The standard InChI is InChI=1S/C26H21ClN2O3S/c1-31-23-12-6-17(14-24(23)32-2)7-13-25(30)28-21-5-3-4-19(15-21)22-16-33-26(29-22)18-8-10-20(27)11-9-18/h3-16H,1-2H3,(H,28,30)/b13-7+. The number of hydrogen-bond donors (Lipinski definition) is 1. The van der Waals surface area contributed by atoms with Gasteiger partial charge in [-0.15, -0.1) is 11.3 Å². The Bertz CT molecular complexity index is 1300. The zero-order valence-corrected chi connectivity index (χ0v) is 19.6. The van der Waals surface area contributed by atoms with E-state index in [1.165, 1.54) is 6.08 Å². The summed E-state index contributed by atoms with van der Waals surface area (Å²) in [6, 6.07) is 20.7. The molecular formula is C26H21ClN2O3S. The fourth-order valence-electron chi connectivity index (χ4n) is 3.20. The number of nitrogens with one attached hydrogen (secondary N) is 1. The second-order valence-electron chi connectivity index (χ2n) is 7.06. The van der Waals surface area contributed by atoms with Crippen LogP contribution < -0.4 is 14.8 Å². The summed E-state index contributed by atoms with van der Waals surface area (Å²) >= 11 is 7.54. The van der Waals surface area contributed by atoms with Crippen molar-refractivity contribution in [3.63, 3.8) is 0 Å². The minimum atomic E-state index is -0.234. The van der Waals surface area contributed by atoms with E-state index in [0.29, 0.717) is 22.2 Å². The maximum atomic E-state index is 12.4. The van der Waals surface area contributed by atoms with Gasteiger partial charge in [-0.2, -0.15) is 0 Å². The first-order valence-corrected chi connectivity index (χ1v) is 11.3. The lowest BCUT2D eigenvalue weighted by Gasteiger charge is -2.07. The minimum absolute atomic E-state index is 0.234. The number of halogens is 1. The fraction of sp³-hybridized carbons (Fsp3) is 0.0769. The van der Waals surface area contributed by atoms with Crippen LogP contribution in [-0.2, 0) is 4.79 Å². The number of benzene rings is 3. The first-order chi connectivity index (χ1) is 16.1. The molecule has 4 rings (SSSR count). The maximum absolute atomic E-state index is 12.4. The fourth-order valence-corrected chi connectivity index (χ4v) is 4.16. The topological polar surface area (TPSA) is 60.5 Å². The van der Waals surface area contributed by atoms with E-state index in [1.54, 1.807) is 37.7 Å². The predicted octanol–water partition coefficient (Wildman–Crippen LogP) is 6.80. The summed E-state index contributed by atoms with van der Waals surface area (Å²) in [7, 11) is 3.16. The minimum Gasteiger partial charge on any atom is -0.493 e. The van der Waals surface area contributed by atoms with E-state index in [0.717, 1.165) is 27.4 Å². The van der Waals surface area contributed by atoms with Gasteiger partial charge in [0.15, 0.2) is 11.5 Å². The lowest BCUT2D eigenvalue weighted by atomic mass is 10.1. The van der Waals surface area contributed by atoms with Crippen molar-refractivity contribution in [1.29, 1.82) is 0 Å². The van der Waals surface area contributed by atoms with Gasteiger partial charge in [-0.3, -0.25) is 4.79 Å². The lowest BCUT2D eigenvalue weighted by molar-refractivity contribution is -0.111. The van der Waals surface area contributed by atoms with Crippen LogP contribution in [0.3, 0.4) is 0 Å². The van der Waals surface area contributed by atoms with Gasteiger partial charge in [0.05, 0.1) is 19.9 Å². The van der Waals surface area contributed by atoms with Crippen molar-refractivity contribution in [2.75, 3.05) is 19.5 Å². The highest BCUT2D eigenvalue weighted by atomic mass is 35.5. The molecule has 0 bridgehead atoms. The molecule has 166 valence electrons. The first kappa shape index (κ1) is 22.6. The third-order valence-corrected chi connectivity index (χ3v) is 6.00. The van der Waals surface area contributed by atoms with Gasteiger partial charge < -0.3 is 14.8 Å². The lowest BCUT2D eigenvalue weighted by Crippen LogP contribution is -2.07. The number of hydrogen-bond acceptors (Lipinski definition) is 5. The summed E-state index contributed by atoms with van der Waals surface area (Å²) in [6.07, 6.45) is 3.20. The zero-order chi connectivity index (χ0) is 23.2. The molecular weight excluding hydrogens is 456 g/mol. The summed E-state index contributed by atoms with van der Waals surface area (Å²) in [5.74, 6) is 1.01. The van der Waals surface area contributed by atoms with Crippen molar-refractivity contribution >= 4 is 40.6 Å². The van der Waals surface area contributed by atoms with Crippen LogP contribution in [0.4, 0.5) is 5.69 Å². The van der Waals surface area contributed by atoms with Crippen molar-refractivity contribution in [1.82, 2.24) is 4.98 Å². The Morgan fingerprint density at radius 2 is 1.76 bits per heavy atom. The van der Waals surface area contributed by atoms with Crippen LogP contribution in [0.25, 0.3) is 27.9 Å². The molecule has 0 aliphatic carbocycles. The molecule has 33 heavy (non-hydrogen) atoms. The van der Waals surface area contributed by atoms with Crippen molar-refractivity contribution < 1.29 is 14.3 Å².